The minimum Gasteiger partial charge on any atom is -0.373 e. The number of hydrogen-bond acceptors (Lipinski definition) is 5. The molecule has 0 aromatic carbocycles. The smallest absolute Gasteiger partial charge is 0.169 e. The van der Waals surface area contributed by atoms with Crippen molar-refractivity contribution >= 4 is 11.6 Å². The van der Waals surface area contributed by atoms with E-state index < -0.39 is 0 Å². The fourth-order valence-corrected chi connectivity index (χ4v) is 1.31. The molecule has 2 heterocycles. The molecule has 0 aliphatic carbocycles. The first-order valence-corrected chi connectivity index (χ1v) is 5.01. The van der Waals surface area contributed by atoms with Crippen molar-refractivity contribution in [1.82, 2.24) is 19.7 Å². The highest BCUT2D eigenvalue weighted by molar-refractivity contribution is 5.44. The molecule has 0 bridgehead atoms. The average Bonchev–Trinajstić information content (AvgIpc) is 2.73. The van der Waals surface area contributed by atoms with Gasteiger partial charge in [0.1, 0.15) is 18.0 Å². The molecule has 2 aromatic heterocycles. The molecular formula is C10H14N6. The second kappa shape index (κ2) is 4.61. The molecule has 2 aromatic rings. The summed E-state index contributed by atoms with van der Waals surface area (Å²) < 4.78 is 1.68. The molecule has 0 atom stereocenters. The van der Waals surface area contributed by atoms with E-state index in [1.807, 2.05) is 32.3 Å². The zero-order valence-corrected chi connectivity index (χ0v) is 9.31. The second-order valence-electron chi connectivity index (χ2n) is 3.35. The lowest BCUT2D eigenvalue weighted by Gasteiger charge is -2.04. The van der Waals surface area contributed by atoms with E-state index in [0.717, 1.165) is 17.5 Å². The van der Waals surface area contributed by atoms with Gasteiger partial charge in [-0.15, -0.1) is 0 Å². The van der Waals surface area contributed by atoms with Crippen LogP contribution in [-0.2, 0) is 13.6 Å². The predicted octanol–water partition coefficient (Wildman–Crippen LogP) is 0.864. The average molecular weight is 218 g/mol. The largest absolute Gasteiger partial charge is 0.373 e. The molecule has 0 fully saturated rings. The van der Waals surface area contributed by atoms with Crippen molar-refractivity contribution in [3.8, 4) is 0 Å². The Morgan fingerprint density at radius 1 is 1.31 bits per heavy atom. The summed E-state index contributed by atoms with van der Waals surface area (Å²) >= 11 is 0. The van der Waals surface area contributed by atoms with E-state index in [2.05, 4.69) is 25.7 Å². The summed E-state index contributed by atoms with van der Waals surface area (Å²) in [5, 5.41) is 10.3. The summed E-state index contributed by atoms with van der Waals surface area (Å²) in [6.07, 6.45) is 1.68. The van der Waals surface area contributed by atoms with Crippen LogP contribution < -0.4 is 10.6 Å². The van der Waals surface area contributed by atoms with Gasteiger partial charge in [-0.2, -0.15) is 5.10 Å². The highest BCUT2D eigenvalue weighted by Crippen LogP contribution is 2.08. The van der Waals surface area contributed by atoms with E-state index in [1.54, 1.807) is 11.0 Å². The van der Waals surface area contributed by atoms with Gasteiger partial charge in [0.15, 0.2) is 5.82 Å². The van der Waals surface area contributed by atoms with E-state index >= 15 is 0 Å². The van der Waals surface area contributed by atoms with Gasteiger partial charge in [0.05, 0.1) is 6.54 Å². The maximum absolute atomic E-state index is 4.33. The summed E-state index contributed by atoms with van der Waals surface area (Å²) in [7, 11) is 3.68. The quantitative estimate of drug-likeness (QED) is 0.796. The zero-order chi connectivity index (χ0) is 11.4. The van der Waals surface area contributed by atoms with Crippen LogP contribution in [0, 0.1) is 0 Å². The number of rotatable bonds is 4. The van der Waals surface area contributed by atoms with Crippen LogP contribution in [0.25, 0.3) is 0 Å². The molecule has 84 valence electrons. The predicted molar refractivity (Wildman–Crippen MR) is 62.1 cm³/mol. The van der Waals surface area contributed by atoms with Crippen molar-refractivity contribution in [1.29, 1.82) is 0 Å². The molecule has 0 aliphatic heterocycles. The standard InChI is InChI=1S/C10H14N6/c1-11-8-4-3-5-9(14-8)12-6-10-13-7-16(2)15-10/h3-5,7H,6H2,1-2H3,(H2,11,12,14). The molecule has 0 saturated heterocycles. The first-order valence-electron chi connectivity index (χ1n) is 5.01. The molecule has 0 radical (unpaired) electrons. The summed E-state index contributed by atoms with van der Waals surface area (Å²) in [6, 6.07) is 5.75. The number of nitrogens with one attached hydrogen (secondary N) is 2. The molecule has 6 heteroatoms. The van der Waals surface area contributed by atoms with Crippen molar-refractivity contribution in [3.05, 3.63) is 30.4 Å². The fourth-order valence-electron chi connectivity index (χ4n) is 1.31. The maximum atomic E-state index is 4.33. The third-order valence-electron chi connectivity index (χ3n) is 2.08. The third-order valence-corrected chi connectivity index (χ3v) is 2.08. The van der Waals surface area contributed by atoms with Gasteiger partial charge in [0.2, 0.25) is 0 Å². The third kappa shape index (κ3) is 2.47. The van der Waals surface area contributed by atoms with Crippen LogP contribution in [0.3, 0.4) is 0 Å². The minimum absolute atomic E-state index is 0.570. The zero-order valence-electron chi connectivity index (χ0n) is 9.31. The number of hydrogen-bond donors (Lipinski definition) is 2. The van der Waals surface area contributed by atoms with Crippen LogP contribution in [0.15, 0.2) is 24.5 Å². The number of pyridine rings is 1. The van der Waals surface area contributed by atoms with E-state index in [9.17, 15) is 0 Å². The van der Waals surface area contributed by atoms with Crippen molar-refractivity contribution in [2.24, 2.45) is 7.05 Å². The Morgan fingerprint density at radius 2 is 2.12 bits per heavy atom. The number of nitrogens with zero attached hydrogens (tertiary/aromatic N) is 4. The topological polar surface area (TPSA) is 67.7 Å². The van der Waals surface area contributed by atoms with Crippen molar-refractivity contribution in [3.63, 3.8) is 0 Å². The maximum Gasteiger partial charge on any atom is 0.169 e. The Morgan fingerprint density at radius 3 is 2.81 bits per heavy atom. The van der Waals surface area contributed by atoms with Crippen LogP contribution in [0.1, 0.15) is 5.82 Å². The van der Waals surface area contributed by atoms with Gasteiger partial charge in [-0.25, -0.2) is 9.97 Å². The highest BCUT2D eigenvalue weighted by Gasteiger charge is 1.99. The molecule has 2 N–H and O–H groups in total. The Kier molecular flexibility index (Phi) is 3.00. The highest BCUT2D eigenvalue weighted by atomic mass is 15.3. The summed E-state index contributed by atoms with van der Waals surface area (Å²) in [4.78, 5) is 8.45. The Hall–Kier alpha value is -2.11. The van der Waals surface area contributed by atoms with Gasteiger partial charge < -0.3 is 10.6 Å². The van der Waals surface area contributed by atoms with Gasteiger partial charge in [-0.3, -0.25) is 4.68 Å². The van der Waals surface area contributed by atoms with Gasteiger partial charge in [0.25, 0.3) is 0 Å². The Bertz CT molecular complexity index is 464. The van der Waals surface area contributed by atoms with Crippen molar-refractivity contribution in [2.45, 2.75) is 6.54 Å². The van der Waals surface area contributed by atoms with E-state index in [1.165, 1.54) is 0 Å². The molecule has 6 nitrogen and oxygen atoms in total. The second-order valence-corrected chi connectivity index (χ2v) is 3.35. The molecule has 0 unspecified atom stereocenters. The van der Waals surface area contributed by atoms with E-state index in [-0.39, 0.29) is 0 Å². The van der Waals surface area contributed by atoms with Gasteiger partial charge in [-0.1, -0.05) is 6.07 Å². The summed E-state index contributed by atoms with van der Waals surface area (Å²) in [6.45, 7) is 0.570. The molecule has 0 amide bonds. The Balaban J connectivity index is 1.99. The lowest BCUT2D eigenvalue weighted by molar-refractivity contribution is 0.747. The SMILES string of the molecule is CNc1cccc(NCc2ncn(C)n2)n1. The fraction of sp³-hybridized carbons (Fsp3) is 0.300. The van der Waals surface area contributed by atoms with E-state index in [4.69, 9.17) is 0 Å². The normalized spacial score (nSPS) is 10.1. The molecule has 0 aliphatic rings. The minimum atomic E-state index is 0.570. The van der Waals surface area contributed by atoms with Gasteiger partial charge >= 0.3 is 0 Å². The number of anilines is 2. The molecule has 2 rings (SSSR count). The molecule has 0 spiro atoms. The van der Waals surface area contributed by atoms with Crippen molar-refractivity contribution < 1.29 is 0 Å². The Labute approximate surface area is 93.7 Å². The van der Waals surface area contributed by atoms with E-state index in [0.29, 0.717) is 6.54 Å². The van der Waals surface area contributed by atoms with Gasteiger partial charge in [0, 0.05) is 14.1 Å². The first-order chi connectivity index (χ1) is 7.78. The molecule has 0 saturated carbocycles. The summed E-state index contributed by atoms with van der Waals surface area (Å²) in [5.74, 6) is 2.39. The van der Waals surface area contributed by atoms with Gasteiger partial charge in [-0.05, 0) is 12.1 Å². The number of aryl methyl sites for hydroxylation is 1. The van der Waals surface area contributed by atoms with Crippen LogP contribution in [-0.4, -0.2) is 26.8 Å². The van der Waals surface area contributed by atoms with Crippen LogP contribution >= 0.6 is 0 Å². The molecular weight excluding hydrogens is 204 g/mol. The molecule has 16 heavy (non-hydrogen) atoms. The lowest BCUT2D eigenvalue weighted by Crippen LogP contribution is -2.04. The van der Waals surface area contributed by atoms with Crippen LogP contribution in [0.2, 0.25) is 0 Å². The first kappa shape index (κ1) is 10.4. The van der Waals surface area contributed by atoms with Crippen LogP contribution in [0.5, 0.6) is 0 Å². The van der Waals surface area contributed by atoms with Crippen LogP contribution in [0.4, 0.5) is 11.6 Å². The summed E-state index contributed by atoms with van der Waals surface area (Å²) in [5.41, 5.74) is 0. The van der Waals surface area contributed by atoms with Crippen molar-refractivity contribution in [2.75, 3.05) is 17.7 Å². The monoisotopic (exact) mass is 218 g/mol. The number of aromatic nitrogens is 4. The lowest BCUT2D eigenvalue weighted by atomic mass is 10.4.